The molecule has 1 aliphatic rings. The van der Waals surface area contributed by atoms with Crippen molar-refractivity contribution < 1.29 is 14.0 Å². The lowest BCUT2D eigenvalue weighted by molar-refractivity contribution is -0.130. The first-order chi connectivity index (χ1) is 21.4. The van der Waals surface area contributed by atoms with E-state index in [-0.39, 0.29) is 36.0 Å². The molecule has 0 aliphatic carbocycles. The van der Waals surface area contributed by atoms with E-state index in [1.807, 2.05) is 78.4 Å². The first-order valence-electron chi connectivity index (χ1n) is 14.0. The summed E-state index contributed by atoms with van der Waals surface area (Å²) in [7, 11) is 0. The minimum Gasteiger partial charge on any atom is -0.345 e. The van der Waals surface area contributed by atoms with E-state index in [0.29, 0.717) is 23.0 Å². The molecule has 0 radical (unpaired) electrons. The van der Waals surface area contributed by atoms with E-state index in [9.17, 15) is 14.0 Å². The van der Waals surface area contributed by atoms with Gasteiger partial charge in [0.1, 0.15) is 5.82 Å². The number of carbonyl (C=O) groups is 2. The third kappa shape index (κ3) is 6.48. The van der Waals surface area contributed by atoms with Crippen molar-refractivity contribution >= 4 is 40.6 Å². The average Bonchev–Trinajstić information content (AvgIpc) is 3.79. The Hall–Kier alpha value is -4.61. The first-order valence-corrected chi connectivity index (χ1v) is 15.9. The number of aryl methyl sites for hydroxylation is 2. The number of benzene rings is 3. The molecular weight excluding hydrogens is 596 g/mol. The van der Waals surface area contributed by atoms with Crippen LogP contribution in [-0.2, 0) is 11.3 Å². The summed E-state index contributed by atoms with van der Waals surface area (Å²) in [6, 6.07) is 25.1. The Morgan fingerprint density at radius 1 is 0.977 bits per heavy atom. The molecule has 222 valence electrons. The topological polar surface area (TPSA) is 92.5 Å². The molecule has 3 aromatic carbocycles. The van der Waals surface area contributed by atoms with Crippen LogP contribution in [0.5, 0.6) is 0 Å². The maximum atomic E-state index is 13.7. The molecule has 1 aliphatic heterocycles. The van der Waals surface area contributed by atoms with Gasteiger partial charge in [0, 0.05) is 17.7 Å². The molecule has 3 heterocycles. The van der Waals surface area contributed by atoms with Gasteiger partial charge in [-0.3, -0.25) is 14.2 Å². The summed E-state index contributed by atoms with van der Waals surface area (Å²) >= 11 is 2.82. The number of hydrazone groups is 1. The molecule has 0 spiro atoms. The van der Waals surface area contributed by atoms with E-state index in [1.165, 1.54) is 28.9 Å². The first kappa shape index (κ1) is 29.5. The van der Waals surface area contributed by atoms with Crippen molar-refractivity contribution in [3.8, 4) is 5.69 Å². The Bertz CT molecular complexity index is 1840. The second kappa shape index (κ2) is 12.9. The Labute approximate surface area is 262 Å². The Kier molecular flexibility index (Phi) is 8.67. The summed E-state index contributed by atoms with van der Waals surface area (Å²) in [4.78, 5) is 27.6. The smallest absolute Gasteiger partial charge is 0.253 e. The van der Waals surface area contributed by atoms with Crippen LogP contribution in [0.15, 0.2) is 101 Å². The molecule has 0 saturated carbocycles. The van der Waals surface area contributed by atoms with Crippen LogP contribution < -0.4 is 5.32 Å². The number of nitrogens with one attached hydrogen (secondary N) is 1. The predicted molar refractivity (Wildman–Crippen MR) is 171 cm³/mol. The minimum atomic E-state index is -0.345. The summed E-state index contributed by atoms with van der Waals surface area (Å²) in [6.07, 6.45) is 0.535. The number of thioether (sulfide) groups is 1. The van der Waals surface area contributed by atoms with E-state index < -0.39 is 0 Å². The fourth-order valence-electron chi connectivity index (χ4n) is 5.05. The van der Waals surface area contributed by atoms with Crippen LogP contribution in [0.2, 0.25) is 0 Å². The lowest BCUT2D eigenvalue weighted by Gasteiger charge is -2.22. The largest absolute Gasteiger partial charge is 0.345 e. The van der Waals surface area contributed by atoms with Crippen LogP contribution >= 0.6 is 23.1 Å². The fourth-order valence-corrected chi connectivity index (χ4v) is 6.60. The van der Waals surface area contributed by atoms with Gasteiger partial charge >= 0.3 is 0 Å². The van der Waals surface area contributed by atoms with E-state index in [0.717, 1.165) is 33.0 Å². The zero-order chi connectivity index (χ0) is 30.6. The summed E-state index contributed by atoms with van der Waals surface area (Å²) in [5, 5.41) is 20.5. The van der Waals surface area contributed by atoms with Gasteiger partial charge in [0.15, 0.2) is 11.0 Å². The van der Waals surface area contributed by atoms with Crippen molar-refractivity contribution in [2.24, 2.45) is 5.10 Å². The highest BCUT2D eigenvalue weighted by atomic mass is 32.2. The molecule has 11 heteroatoms. The normalized spacial score (nSPS) is 14.5. The van der Waals surface area contributed by atoms with Crippen molar-refractivity contribution in [3.05, 3.63) is 129 Å². The van der Waals surface area contributed by atoms with Crippen molar-refractivity contribution in [3.63, 3.8) is 0 Å². The minimum absolute atomic E-state index is 0.0541. The molecule has 0 saturated heterocycles. The standard InChI is InChI=1S/C33H29FN6O2S2/c1-21-6-3-8-24(16-21)32(42)35-19-30-36-37-33(39(30)26-9-4-7-22(2)17-26)44-20-31(41)40-28(23-11-13-25(34)14-12-23)18-27(38-40)29-10-5-15-43-29/h3-17,28H,18-20H2,1-2H3,(H,35,42)/t28-/m1/s1. The molecule has 0 unspecified atom stereocenters. The van der Waals surface area contributed by atoms with Crippen LogP contribution in [0.4, 0.5) is 4.39 Å². The summed E-state index contributed by atoms with van der Waals surface area (Å²) in [5.41, 5.74) is 5.07. The molecule has 2 aromatic heterocycles. The Morgan fingerprint density at radius 3 is 2.48 bits per heavy atom. The van der Waals surface area contributed by atoms with Gasteiger partial charge in [0.2, 0.25) is 0 Å². The van der Waals surface area contributed by atoms with Crippen LogP contribution in [0, 0.1) is 19.7 Å². The Morgan fingerprint density at radius 2 is 1.75 bits per heavy atom. The van der Waals surface area contributed by atoms with Crippen molar-refractivity contribution in [1.29, 1.82) is 0 Å². The second-order valence-corrected chi connectivity index (χ2v) is 12.3. The summed E-state index contributed by atoms with van der Waals surface area (Å²) in [5.74, 6) is -0.157. The average molecular weight is 625 g/mol. The van der Waals surface area contributed by atoms with Crippen LogP contribution in [-0.4, -0.2) is 43.1 Å². The van der Waals surface area contributed by atoms with E-state index >= 15 is 0 Å². The number of aromatic nitrogens is 3. The molecular formula is C33H29FN6O2S2. The molecule has 44 heavy (non-hydrogen) atoms. The molecule has 2 amide bonds. The maximum absolute atomic E-state index is 13.7. The van der Waals surface area contributed by atoms with E-state index in [1.54, 1.807) is 29.5 Å². The number of rotatable bonds is 9. The second-order valence-electron chi connectivity index (χ2n) is 10.4. The number of nitrogens with zero attached hydrogens (tertiary/aromatic N) is 5. The molecule has 8 nitrogen and oxygen atoms in total. The van der Waals surface area contributed by atoms with Gasteiger partial charge in [-0.05, 0) is 72.8 Å². The van der Waals surface area contributed by atoms with Crippen LogP contribution in [0.3, 0.4) is 0 Å². The van der Waals surface area contributed by atoms with Crippen molar-refractivity contribution in [2.75, 3.05) is 5.75 Å². The zero-order valence-corrected chi connectivity index (χ0v) is 25.7. The third-order valence-electron chi connectivity index (χ3n) is 7.20. The lowest BCUT2D eigenvalue weighted by atomic mass is 10.0. The maximum Gasteiger partial charge on any atom is 0.253 e. The van der Waals surface area contributed by atoms with Crippen LogP contribution in [0.1, 0.15) is 50.2 Å². The molecule has 1 N–H and O–H groups in total. The van der Waals surface area contributed by atoms with Crippen LogP contribution in [0.25, 0.3) is 5.69 Å². The number of thiophene rings is 1. The molecule has 6 rings (SSSR count). The monoisotopic (exact) mass is 624 g/mol. The van der Waals surface area contributed by atoms with Crippen molar-refractivity contribution in [2.45, 2.75) is 38.0 Å². The SMILES string of the molecule is Cc1cccc(C(=O)NCc2nnc(SCC(=O)N3N=C(c4cccs4)C[C@@H]3c3ccc(F)cc3)n2-c2cccc(C)c2)c1. The lowest BCUT2D eigenvalue weighted by Crippen LogP contribution is -2.28. The number of halogens is 1. The molecule has 0 fully saturated rings. The van der Waals surface area contributed by atoms with Gasteiger partial charge in [0.05, 0.1) is 28.9 Å². The fraction of sp³-hybridized carbons (Fsp3) is 0.182. The highest BCUT2D eigenvalue weighted by Crippen LogP contribution is 2.35. The number of carbonyl (C=O) groups excluding carboxylic acids is 2. The van der Waals surface area contributed by atoms with Crippen molar-refractivity contribution in [1.82, 2.24) is 25.1 Å². The third-order valence-corrected chi connectivity index (χ3v) is 9.03. The van der Waals surface area contributed by atoms with Gasteiger partial charge < -0.3 is 5.32 Å². The number of hydrogen-bond donors (Lipinski definition) is 1. The number of hydrogen-bond acceptors (Lipinski definition) is 7. The summed E-state index contributed by atoms with van der Waals surface area (Å²) < 4.78 is 15.6. The highest BCUT2D eigenvalue weighted by Gasteiger charge is 2.33. The van der Waals surface area contributed by atoms with E-state index in [2.05, 4.69) is 15.5 Å². The molecule has 1 atom stereocenters. The van der Waals surface area contributed by atoms with Gasteiger partial charge in [-0.15, -0.1) is 21.5 Å². The molecule has 5 aromatic rings. The quantitative estimate of drug-likeness (QED) is 0.190. The highest BCUT2D eigenvalue weighted by molar-refractivity contribution is 7.99. The predicted octanol–water partition coefficient (Wildman–Crippen LogP) is 6.48. The summed E-state index contributed by atoms with van der Waals surface area (Å²) in [6.45, 7) is 4.08. The Balaban J connectivity index is 1.24. The van der Waals surface area contributed by atoms with E-state index in [4.69, 9.17) is 5.10 Å². The molecule has 0 bridgehead atoms. The zero-order valence-electron chi connectivity index (χ0n) is 24.1. The van der Waals surface area contributed by atoms with Gasteiger partial charge in [-0.1, -0.05) is 59.8 Å². The van der Waals surface area contributed by atoms with Gasteiger partial charge in [0.25, 0.3) is 11.8 Å². The van der Waals surface area contributed by atoms with Gasteiger partial charge in [-0.25, -0.2) is 9.40 Å². The van der Waals surface area contributed by atoms with Gasteiger partial charge in [-0.2, -0.15) is 5.10 Å². The number of amides is 2.